The van der Waals surface area contributed by atoms with Crippen molar-refractivity contribution in [1.29, 1.82) is 0 Å². The molecule has 7 nitrogen and oxygen atoms in total. The molecular formula is C18H19N3O4S. The molecule has 136 valence electrons. The van der Waals surface area contributed by atoms with Gasteiger partial charge in [0.05, 0.1) is 17.8 Å². The summed E-state index contributed by atoms with van der Waals surface area (Å²) in [6, 6.07) is 6.44. The lowest BCUT2D eigenvalue weighted by Crippen LogP contribution is -2.22. The Morgan fingerprint density at radius 1 is 1.15 bits per heavy atom. The van der Waals surface area contributed by atoms with Gasteiger partial charge in [-0.2, -0.15) is 0 Å². The van der Waals surface area contributed by atoms with E-state index in [-0.39, 0.29) is 18.1 Å². The van der Waals surface area contributed by atoms with Crippen LogP contribution in [0, 0.1) is 5.92 Å². The molecule has 0 radical (unpaired) electrons. The van der Waals surface area contributed by atoms with Gasteiger partial charge in [0.2, 0.25) is 0 Å². The molecule has 1 fully saturated rings. The number of thiazole rings is 1. The van der Waals surface area contributed by atoms with Gasteiger partial charge in [-0.15, -0.1) is 11.3 Å². The number of aromatic nitrogens is 1. The van der Waals surface area contributed by atoms with E-state index in [9.17, 15) is 14.4 Å². The van der Waals surface area contributed by atoms with Gasteiger partial charge in [-0.25, -0.2) is 9.78 Å². The summed E-state index contributed by atoms with van der Waals surface area (Å²) in [6.45, 7) is 0. The fraction of sp³-hybridized carbons (Fsp3) is 0.333. The minimum Gasteiger partial charge on any atom is -0.481 e. The molecule has 1 heterocycles. The largest absolute Gasteiger partial charge is 0.481 e. The number of ketones is 1. The molecule has 3 N–H and O–H groups in total. The zero-order valence-electron chi connectivity index (χ0n) is 14.0. The van der Waals surface area contributed by atoms with E-state index >= 15 is 0 Å². The third kappa shape index (κ3) is 4.45. The van der Waals surface area contributed by atoms with Crippen LogP contribution >= 0.6 is 11.3 Å². The second kappa shape index (κ2) is 8.09. The Labute approximate surface area is 154 Å². The number of nitrogens with one attached hydrogen (secondary N) is 2. The van der Waals surface area contributed by atoms with Crippen molar-refractivity contribution in [3.05, 3.63) is 40.9 Å². The number of nitrogens with zero attached hydrogens (tertiary/aromatic N) is 1. The van der Waals surface area contributed by atoms with Gasteiger partial charge in [0.25, 0.3) is 0 Å². The Balaban J connectivity index is 1.66. The summed E-state index contributed by atoms with van der Waals surface area (Å²) in [5.74, 6) is -0.888. The van der Waals surface area contributed by atoms with Crippen molar-refractivity contribution in [2.75, 3.05) is 10.6 Å². The number of carbonyl (C=O) groups is 3. The number of rotatable bonds is 6. The zero-order valence-corrected chi connectivity index (χ0v) is 14.8. The third-order valence-corrected chi connectivity index (χ3v) is 5.08. The number of Topliss-reactive ketones (excluding diaryl/α,β-unsaturated/α-hetero) is 1. The van der Waals surface area contributed by atoms with Gasteiger partial charge < -0.3 is 10.4 Å². The van der Waals surface area contributed by atoms with Crippen LogP contribution in [-0.2, 0) is 11.2 Å². The van der Waals surface area contributed by atoms with Crippen molar-refractivity contribution in [3.63, 3.8) is 0 Å². The first-order chi connectivity index (χ1) is 12.5. The Bertz CT molecular complexity index is 827. The van der Waals surface area contributed by atoms with Gasteiger partial charge in [0, 0.05) is 16.9 Å². The maximum Gasteiger partial charge on any atom is 0.325 e. The van der Waals surface area contributed by atoms with Gasteiger partial charge in [-0.1, -0.05) is 25.0 Å². The first kappa shape index (κ1) is 18.1. The molecule has 0 saturated heterocycles. The molecule has 0 aliphatic heterocycles. The molecule has 1 aliphatic rings. The molecular weight excluding hydrogens is 354 g/mol. The third-order valence-electron chi connectivity index (χ3n) is 4.27. The van der Waals surface area contributed by atoms with E-state index in [2.05, 4.69) is 15.6 Å². The standard InChI is InChI=1S/C18H19N3O4S/c22-15(23)9-12-10-26-18(19-12)21-17(25)20-14-8-4-3-7-13(14)16(24)11-5-1-2-6-11/h3-4,7-8,10-11H,1-2,5-6,9H2,(H,22,23)(H2,19,20,21,25). The maximum atomic E-state index is 12.7. The molecule has 26 heavy (non-hydrogen) atoms. The molecule has 1 aromatic heterocycles. The molecule has 2 aromatic rings. The van der Waals surface area contributed by atoms with Crippen LogP contribution in [0.15, 0.2) is 29.6 Å². The summed E-state index contributed by atoms with van der Waals surface area (Å²) in [5.41, 5.74) is 1.36. The van der Waals surface area contributed by atoms with Crippen molar-refractivity contribution >= 4 is 39.9 Å². The van der Waals surface area contributed by atoms with Crippen LogP contribution in [0.2, 0.25) is 0 Å². The molecule has 0 bridgehead atoms. The number of anilines is 2. The highest BCUT2D eigenvalue weighted by Crippen LogP contribution is 2.30. The number of para-hydroxylation sites is 1. The molecule has 1 aromatic carbocycles. The summed E-state index contributed by atoms with van der Waals surface area (Å²) >= 11 is 1.15. The highest BCUT2D eigenvalue weighted by Gasteiger charge is 2.25. The molecule has 0 unspecified atom stereocenters. The van der Waals surface area contributed by atoms with Crippen LogP contribution in [0.3, 0.4) is 0 Å². The lowest BCUT2D eigenvalue weighted by molar-refractivity contribution is -0.136. The minimum absolute atomic E-state index is 0.0264. The van der Waals surface area contributed by atoms with Crippen LogP contribution in [0.25, 0.3) is 0 Å². The normalized spacial score (nSPS) is 14.2. The van der Waals surface area contributed by atoms with E-state index < -0.39 is 12.0 Å². The fourth-order valence-corrected chi connectivity index (χ4v) is 3.77. The van der Waals surface area contributed by atoms with Gasteiger partial charge in [0.1, 0.15) is 0 Å². The van der Waals surface area contributed by atoms with E-state index in [1.54, 1.807) is 29.6 Å². The Morgan fingerprint density at radius 2 is 1.88 bits per heavy atom. The van der Waals surface area contributed by atoms with Crippen molar-refractivity contribution in [2.45, 2.75) is 32.1 Å². The average molecular weight is 373 g/mol. The van der Waals surface area contributed by atoms with Gasteiger partial charge in [-0.05, 0) is 25.0 Å². The zero-order chi connectivity index (χ0) is 18.5. The summed E-state index contributed by atoms with van der Waals surface area (Å²) in [4.78, 5) is 39.6. The number of hydrogen-bond acceptors (Lipinski definition) is 5. The first-order valence-electron chi connectivity index (χ1n) is 8.40. The fourth-order valence-electron chi connectivity index (χ4n) is 3.07. The predicted octanol–water partition coefficient (Wildman–Crippen LogP) is 3.79. The Hall–Kier alpha value is -2.74. The lowest BCUT2D eigenvalue weighted by atomic mass is 9.95. The van der Waals surface area contributed by atoms with Gasteiger partial charge in [-0.3, -0.25) is 14.9 Å². The SMILES string of the molecule is O=C(O)Cc1csc(NC(=O)Nc2ccccc2C(=O)C2CCCC2)n1. The second-order valence-electron chi connectivity index (χ2n) is 6.18. The second-order valence-corrected chi connectivity index (χ2v) is 7.04. The summed E-state index contributed by atoms with van der Waals surface area (Å²) in [7, 11) is 0. The molecule has 3 rings (SSSR count). The van der Waals surface area contributed by atoms with Gasteiger partial charge in [0.15, 0.2) is 10.9 Å². The first-order valence-corrected chi connectivity index (χ1v) is 9.28. The topological polar surface area (TPSA) is 108 Å². The maximum absolute atomic E-state index is 12.7. The van der Waals surface area contributed by atoms with E-state index in [4.69, 9.17) is 5.11 Å². The molecule has 8 heteroatoms. The number of aliphatic carboxylic acids is 1. The number of benzene rings is 1. The van der Waals surface area contributed by atoms with Crippen LogP contribution in [0.5, 0.6) is 0 Å². The number of amides is 2. The van der Waals surface area contributed by atoms with Crippen molar-refractivity contribution < 1.29 is 19.5 Å². The summed E-state index contributed by atoms with van der Waals surface area (Å²) < 4.78 is 0. The Morgan fingerprint density at radius 3 is 2.62 bits per heavy atom. The van der Waals surface area contributed by atoms with E-state index in [1.165, 1.54) is 0 Å². The summed E-state index contributed by atoms with van der Waals surface area (Å²) in [6.07, 6.45) is 3.72. The van der Waals surface area contributed by atoms with Crippen molar-refractivity contribution in [2.24, 2.45) is 5.92 Å². The highest BCUT2D eigenvalue weighted by atomic mass is 32.1. The molecule has 0 spiro atoms. The van der Waals surface area contributed by atoms with Crippen LogP contribution < -0.4 is 10.6 Å². The average Bonchev–Trinajstić information content (AvgIpc) is 3.26. The monoisotopic (exact) mass is 373 g/mol. The van der Waals surface area contributed by atoms with Gasteiger partial charge >= 0.3 is 12.0 Å². The number of carbonyl (C=O) groups excluding carboxylic acids is 2. The molecule has 1 saturated carbocycles. The number of carboxylic acids is 1. The van der Waals surface area contributed by atoms with Crippen LogP contribution in [0.4, 0.5) is 15.6 Å². The van der Waals surface area contributed by atoms with Crippen molar-refractivity contribution in [1.82, 2.24) is 4.98 Å². The summed E-state index contributed by atoms with van der Waals surface area (Å²) in [5, 5.41) is 15.9. The quantitative estimate of drug-likeness (QED) is 0.668. The predicted molar refractivity (Wildman–Crippen MR) is 98.8 cm³/mol. The minimum atomic E-state index is -0.981. The smallest absolute Gasteiger partial charge is 0.325 e. The van der Waals surface area contributed by atoms with E-state index in [1.807, 2.05) is 0 Å². The number of carboxylic acid groups (broad SMARTS) is 1. The van der Waals surface area contributed by atoms with Crippen LogP contribution in [0.1, 0.15) is 41.7 Å². The van der Waals surface area contributed by atoms with Crippen molar-refractivity contribution in [3.8, 4) is 0 Å². The van der Waals surface area contributed by atoms with E-state index in [0.717, 1.165) is 37.0 Å². The number of urea groups is 1. The Kier molecular flexibility index (Phi) is 5.62. The van der Waals surface area contributed by atoms with E-state index in [0.29, 0.717) is 22.1 Å². The highest BCUT2D eigenvalue weighted by molar-refractivity contribution is 7.14. The molecule has 0 atom stereocenters. The number of hydrogen-bond donors (Lipinski definition) is 3. The molecule has 2 amide bonds. The van der Waals surface area contributed by atoms with Crippen LogP contribution in [-0.4, -0.2) is 27.9 Å². The lowest BCUT2D eigenvalue weighted by Gasteiger charge is -2.13. The molecule has 1 aliphatic carbocycles.